The lowest BCUT2D eigenvalue weighted by Gasteiger charge is -2.11. The fourth-order valence-electron chi connectivity index (χ4n) is 1.66. The highest BCUT2D eigenvalue weighted by Crippen LogP contribution is 2.20. The molecule has 1 aromatic heterocycles. The molecule has 0 aliphatic carbocycles. The fraction of sp³-hybridized carbons (Fsp3) is 0.250. The Balaban J connectivity index is 2.43. The van der Waals surface area contributed by atoms with Gasteiger partial charge in [0.1, 0.15) is 5.82 Å². The van der Waals surface area contributed by atoms with E-state index in [1.807, 2.05) is 0 Å². The summed E-state index contributed by atoms with van der Waals surface area (Å²) >= 11 is 0. The van der Waals surface area contributed by atoms with Crippen molar-refractivity contribution >= 4 is 16.0 Å². The van der Waals surface area contributed by atoms with Crippen LogP contribution < -0.4 is 10.5 Å². The minimum atomic E-state index is -4.04. The molecule has 0 bridgehead atoms. The Kier molecular flexibility index (Phi) is 4.14. The summed E-state index contributed by atoms with van der Waals surface area (Å²) in [6.45, 7) is 3.14. The van der Waals surface area contributed by atoms with Crippen LogP contribution in [-0.2, 0) is 16.6 Å². The molecule has 0 spiro atoms. The molecule has 0 saturated heterocycles. The third-order valence-electron chi connectivity index (χ3n) is 2.89. The van der Waals surface area contributed by atoms with E-state index >= 15 is 0 Å². The summed E-state index contributed by atoms with van der Waals surface area (Å²) in [7, 11) is -4.04. The molecule has 0 saturated carbocycles. The monoisotopic (exact) mass is 311 g/mol. The molecule has 0 aliphatic heterocycles. The molecule has 1 heterocycles. The predicted molar refractivity (Wildman–Crippen MR) is 74.4 cm³/mol. The standard InChI is InChI=1S/C12H14FN5O2S/c1-7-8(2)16-17-12(15-7)18-21(19,20)11-5-3-4-10(13)9(11)6-14/h3-5H,6,14H2,1-2H3,(H,15,17,18). The Morgan fingerprint density at radius 3 is 2.57 bits per heavy atom. The van der Waals surface area contributed by atoms with Gasteiger partial charge >= 0.3 is 0 Å². The molecule has 2 rings (SSSR count). The molecule has 21 heavy (non-hydrogen) atoms. The van der Waals surface area contributed by atoms with Crippen molar-refractivity contribution in [2.75, 3.05) is 4.72 Å². The number of nitrogens with two attached hydrogens (primary N) is 1. The third kappa shape index (κ3) is 3.14. The van der Waals surface area contributed by atoms with Gasteiger partial charge in [0.05, 0.1) is 16.3 Å². The lowest BCUT2D eigenvalue weighted by Crippen LogP contribution is -2.19. The van der Waals surface area contributed by atoms with Crippen LogP contribution in [0.1, 0.15) is 17.0 Å². The molecule has 0 fully saturated rings. The van der Waals surface area contributed by atoms with Gasteiger partial charge < -0.3 is 5.73 Å². The van der Waals surface area contributed by atoms with E-state index in [1.165, 1.54) is 12.1 Å². The van der Waals surface area contributed by atoms with Crippen molar-refractivity contribution in [2.45, 2.75) is 25.3 Å². The van der Waals surface area contributed by atoms with Gasteiger partial charge in [-0.15, -0.1) is 5.10 Å². The van der Waals surface area contributed by atoms with Crippen LogP contribution in [0.4, 0.5) is 10.3 Å². The van der Waals surface area contributed by atoms with Crippen LogP contribution in [0, 0.1) is 19.7 Å². The summed E-state index contributed by atoms with van der Waals surface area (Å²) in [6.07, 6.45) is 0. The first kappa shape index (κ1) is 15.3. The first-order valence-corrected chi connectivity index (χ1v) is 7.51. The zero-order chi connectivity index (χ0) is 15.6. The summed E-state index contributed by atoms with van der Waals surface area (Å²) in [5, 5.41) is 7.43. The maximum absolute atomic E-state index is 13.6. The number of hydrogen-bond donors (Lipinski definition) is 2. The number of aromatic nitrogens is 3. The van der Waals surface area contributed by atoms with Crippen LogP contribution in [0.3, 0.4) is 0 Å². The maximum Gasteiger partial charge on any atom is 0.264 e. The smallest absolute Gasteiger partial charge is 0.264 e. The molecule has 7 nitrogen and oxygen atoms in total. The van der Waals surface area contributed by atoms with Gasteiger partial charge in [-0.2, -0.15) is 5.10 Å². The van der Waals surface area contributed by atoms with E-state index in [0.717, 1.165) is 6.07 Å². The average molecular weight is 311 g/mol. The van der Waals surface area contributed by atoms with E-state index in [-0.39, 0.29) is 23.0 Å². The van der Waals surface area contributed by atoms with Crippen LogP contribution >= 0.6 is 0 Å². The lowest BCUT2D eigenvalue weighted by atomic mass is 10.2. The zero-order valence-electron chi connectivity index (χ0n) is 11.5. The predicted octanol–water partition coefficient (Wildman–Crippen LogP) is 0.887. The summed E-state index contributed by atoms with van der Waals surface area (Å²) in [4.78, 5) is 3.73. The number of halogens is 1. The number of hydrogen-bond acceptors (Lipinski definition) is 6. The molecular weight excluding hydrogens is 297 g/mol. The third-order valence-corrected chi connectivity index (χ3v) is 4.30. The second-order valence-corrected chi connectivity index (χ2v) is 5.98. The van der Waals surface area contributed by atoms with Crippen molar-refractivity contribution < 1.29 is 12.8 Å². The molecule has 0 amide bonds. The molecule has 0 unspecified atom stereocenters. The van der Waals surface area contributed by atoms with E-state index in [9.17, 15) is 12.8 Å². The van der Waals surface area contributed by atoms with Crippen LogP contribution in [0.2, 0.25) is 0 Å². The number of nitrogens with one attached hydrogen (secondary N) is 1. The van der Waals surface area contributed by atoms with Crippen molar-refractivity contribution in [2.24, 2.45) is 5.73 Å². The van der Waals surface area contributed by atoms with Crippen LogP contribution in [-0.4, -0.2) is 23.6 Å². The summed E-state index contributed by atoms with van der Waals surface area (Å²) in [6, 6.07) is 3.71. The van der Waals surface area contributed by atoms with Gasteiger partial charge in [0.2, 0.25) is 0 Å². The topological polar surface area (TPSA) is 111 Å². The number of aryl methyl sites for hydroxylation is 2. The second-order valence-electron chi connectivity index (χ2n) is 4.33. The molecule has 0 aliphatic rings. The van der Waals surface area contributed by atoms with Gasteiger partial charge in [0, 0.05) is 12.1 Å². The van der Waals surface area contributed by atoms with E-state index in [4.69, 9.17) is 5.73 Å². The van der Waals surface area contributed by atoms with E-state index in [2.05, 4.69) is 19.9 Å². The molecule has 3 N–H and O–H groups in total. The highest BCUT2D eigenvalue weighted by molar-refractivity contribution is 7.92. The second kappa shape index (κ2) is 5.70. The summed E-state index contributed by atoms with van der Waals surface area (Å²) in [5.41, 5.74) is 6.45. The largest absolute Gasteiger partial charge is 0.326 e. The molecule has 2 aromatic rings. The highest BCUT2D eigenvalue weighted by atomic mass is 32.2. The average Bonchev–Trinajstić information content (AvgIpc) is 2.42. The van der Waals surface area contributed by atoms with Crippen molar-refractivity contribution in [1.29, 1.82) is 0 Å². The van der Waals surface area contributed by atoms with Crippen molar-refractivity contribution in [3.63, 3.8) is 0 Å². The van der Waals surface area contributed by atoms with E-state index < -0.39 is 15.8 Å². The zero-order valence-corrected chi connectivity index (χ0v) is 12.3. The normalized spacial score (nSPS) is 11.4. The number of sulfonamides is 1. The van der Waals surface area contributed by atoms with Crippen molar-refractivity contribution in [3.05, 3.63) is 41.0 Å². The number of nitrogens with zero attached hydrogens (tertiary/aromatic N) is 3. The van der Waals surface area contributed by atoms with E-state index in [1.54, 1.807) is 13.8 Å². The molecule has 0 atom stereocenters. The van der Waals surface area contributed by atoms with Crippen LogP contribution in [0.25, 0.3) is 0 Å². The quantitative estimate of drug-likeness (QED) is 0.867. The number of rotatable bonds is 4. The van der Waals surface area contributed by atoms with Gasteiger partial charge in [-0.1, -0.05) is 6.07 Å². The minimum absolute atomic E-state index is 0.0956. The summed E-state index contributed by atoms with van der Waals surface area (Å²) < 4.78 is 40.4. The number of benzene rings is 1. The Hall–Kier alpha value is -2.13. The van der Waals surface area contributed by atoms with Gasteiger partial charge in [0.25, 0.3) is 16.0 Å². The molecule has 9 heteroatoms. The van der Waals surface area contributed by atoms with Crippen molar-refractivity contribution in [3.8, 4) is 0 Å². The first-order chi connectivity index (χ1) is 9.85. The van der Waals surface area contributed by atoms with Crippen molar-refractivity contribution in [1.82, 2.24) is 15.2 Å². The number of anilines is 1. The Labute approximate surface area is 121 Å². The van der Waals surface area contributed by atoms with Gasteiger partial charge in [0.15, 0.2) is 0 Å². The van der Waals surface area contributed by atoms with Gasteiger partial charge in [-0.25, -0.2) is 22.5 Å². The maximum atomic E-state index is 13.6. The Morgan fingerprint density at radius 2 is 1.95 bits per heavy atom. The summed E-state index contributed by atoms with van der Waals surface area (Å²) in [5.74, 6) is -0.857. The molecular formula is C12H14FN5O2S. The fourth-order valence-corrected chi connectivity index (χ4v) is 2.86. The van der Waals surface area contributed by atoms with Gasteiger partial charge in [-0.3, -0.25) is 0 Å². The molecule has 0 radical (unpaired) electrons. The Morgan fingerprint density at radius 1 is 1.24 bits per heavy atom. The highest BCUT2D eigenvalue weighted by Gasteiger charge is 2.21. The molecule has 112 valence electrons. The van der Waals surface area contributed by atoms with Crippen LogP contribution in [0.5, 0.6) is 0 Å². The Bertz CT molecular complexity index is 779. The lowest BCUT2D eigenvalue weighted by molar-refractivity contribution is 0.585. The van der Waals surface area contributed by atoms with Gasteiger partial charge in [-0.05, 0) is 26.0 Å². The minimum Gasteiger partial charge on any atom is -0.326 e. The van der Waals surface area contributed by atoms with Crippen LogP contribution in [0.15, 0.2) is 23.1 Å². The first-order valence-electron chi connectivity index (χ1n) is 6.03. The SMILES string of the molecule is Cc1nnc(NS(=O)(=O)c2cccc(F)c2CN)nc1C. The van der Waals surface area contributed by atoms with E-state index in [0.29, 0.717) is 11.4 Å². The molecule has 1 aromatic carbocycles.